The molecule has 1 atom stereocenters. The molecule has 0 N–H and O–H groups in total. The molecule has 0 spiro atoms. The highest BCUT2D eigenvalue weighted by atomic mass is 16.7. The van der Waals surface area contributed by atoms with Crippen molar-refractivity contribution < 1.29 is 33.3 Å². The molecule has 0 aliphatic rings. The molecular weight excluding hydrogens is 340 g/mol. The first-order valence-electron chi connectivity index (χ1n) is 8.30. The minimum atomic E-state index is -0.871. The van der Waals surface area contributed by atoms with Crippen molar-refractivity contribution in [2.24, 2.45) is 5.41 Å². The van der Waals surface area contributed by atoms with Crippen LogP contribution in [0, 0.1) is 5.41 Å². The van der Waals surface area contributed by atoms with Crippen LogP contribution >= 0.6 is 0 Å². The summed E-state index contributed by atoms with van der Waals surface area (Å²) in [5.41, 5.74) is 0.153. The van der Waals surface area contributed by atoms with Crippen LogP contribution in [0.15, 0.2) is 30.3 Å². The number of esters is 3. The summed E-state index contributed by atoms with van der Waals surface area (Å²) in [6, 6.07) is 9.43. The second-order valence-corrected chi connectivity index (χ2v) is 6.41. The van der Waals surface area contributed by atoms with Crippen LogP contribution in [-0.4, -0.2) is 37.4 Å². The van der Waals surface area contributed by atoms with Gasteiger partial charge in [-0.3, -0.25) is 14.4 Å². The van der Waals surface area contributed by atoms with E-state index in [1.54, 1.807) is 6.92 Å². The largest absolute Gasteiger partial charge is 0.465 e. The van der Waals surface area contributed by atoms with Gasteiger partial charge in [0.2, 0.25) is 6.29 Å². The maximum Gasteiger partial charge on any atom is 0.304 e. The van der Waals surface area contributed by atoms with Gasteiger partial charge in [0.25, 0.3) is 0 Å². The molecule has 1 aromatic rings. The molecule has 7 nitrogen and oxygen atoms in total. The van der Waals surface area contributed by atoms with E-state index < -0.39 is 29.6 Å². The summed E-state index contributed by atoms with van der Waals surface area (Å²) in [5, 5.41) is 0. The Labute approximate surface area is 153 Å². The van der Waals surface area contributed by atoms with Crippen LogP contribution in [0.4, 0.5) is 0 Å². The molecule has 7 heteroatoms. The van der Waals surface area contributed by atoms with Crippen LogP contribution < -0.4 is 0 Å². The van der Waals surface area contributed by atoms with Crippen LogP contribution in [0.2, 0.25) is 0 Å². The molecule has 0 aromatic heterocycles. The third-order valence-electron chi connectivity index (χ3n) is 3.48. The van der Waals surface area contributed by atoms with Crippen LogP contribution in [-0.2, 0) is 39.9 Å². The van der Waals surface area contributed by atoms with Gasteiger partial charge in [0.05, 0.1) is 6.61 Å². The molecule has 1 unspecified atom stereocenters. The minimum absolute atomic E-state index is 0.00206. The van der Waals surface area contributed by atoms with Gasteiger partial charge in [-0.15, -0.1) is 0 Å². The van der Waals surface area contributed by atoms with Crippen LogP contribution in [0.3, 0.4) is 0 Å². The lowest BCUT2D eigenvalue weighted by molar-refractivity contribution is -0.193. The summed E-state index contributed by atoms with van der Waals surface area (Å²) in [6.07, 6.45) is -0.677. The molecule has 26 heavy (non-hydrogen) atoms. The summed E-state index contributed by atoms with van der Waals surface area (Å²) in [6.45, 7) is 5.89. The van der Waals surface area contributed by atoms with E-state index >= 15 is 0 Å². The molecule has 0 amide bonds. The maximum atomic E-state index is 11.4. The van der Waals surface area contributed by atoms with E-state index in [1.807, 2.05) is 30.3 Å². The first kappa shape index (κ1) is 21.6. The number of hydrogen-bond acceptors (Lipinski definition) is 7. The van der Waals surface area contributed by atoms with Gasteiger partial charge in [-0.1, -0.05) is 37.3 Å². The molecule has 1 aromatic carbocycles. The van der Waals surface area contributed by atoms with Gasteiger partial charge in [-0.05, 0) is 5.56 Å². The highest BCUT2D eigenvalue weighted by molar-refractivity contribution is 5.66. The van der Waals surface area contributed by atoms with Gasteiger partial charge in [-0.2, -0.15) is 0 Å². The van der Waals surface area contributed by atoms with Gasteiger partial charge in [-0.25, -0.2) is 0 Å². The Morgan fingerprint density at radius 3 is 1.92 bits per heavy atom. The van der Waals surface area contributed by atoms with E-state index in [-0.39, 0.29) is 26.2 Å². The van der Waals surface area contributed by atoms with E-state index in [9.17, 15) is 14.4 Å². The Morgan fingerprint density at radius 1 is 0.923 bits per heavy atom. The zero-order chi connectivity index (χ0) is 19.6. The Bertz CT molecular complexity index is 579. The van der Waals surface area contributed by atoms with E-state index in [0.29, 0.717) is 0 Å². The average Bonchev–Trinajstić information content (AvgIpc) is 2.57. The summed E-state index contributed by atoms with van der Waals surface area (Å²) in [4.78, 5) is 33.7. The van der Waals surface area contributed by atoms with E-state index in [1.165, 1.54) is 20.8 Å². The number of carbonyl (C=O) groups excluding carboxylic acids is 3. The Kier molecular flexibility index (Phi) is 8.78. The smallest absolute Gasteiger partial charge is 0.304 e. The fourth-order valence-electron chi connectivity index (χ4n) is 2.20. The van der Waals surface area contributed by atoms with Crippen molar-refractivity contribution in [3.8, 4) is 0 Å². The summed E-state index contributed by atoms with van der Waals surface area (Å²) in [5.74, 6) is -1.40. The molecule has 0 bridgehead atoms. The van der Waals surface area contributed by atoms with Crippen molar-refractivity contribution in [3.63, 3.8) is 0 Å². The summed E-state index contributed by atoms with van der Waals surface area (Å²) >= 11 is 0. The van der Waals surface area contributed by atoms with E-state index in [0.717, 1.165) is 5.56 Å². The van der Waals surface area contributed by atoms with Crippen LogP contribution in [0.25, 0.3) is 0 Å². The number of carbonyl (C=O) groups is 3. The van der Waals surface area contributed by atoms with Crippen molar-refractivity contribution in [2.75, 3.05) is 13.2 Å². The number of hydrogen-bond donors (Lipinski definition) is 0. The minimum Gasteiger partial charge on any atom is -0.465 e. The van der Waals surface area contributed by atoms with E-state index in [2.05, 4.69) is 0 Å². The second kappa shape index (κ2) is 10.6. The summed E-state index contributed by atoms with van der Waals surface area (Å²) in [7, 11) is 0. The predicted molar refractivity (Wildman–Crippen MR) is 92.8 cm³/mol. The molecule has 0 aliphatic carbocycles. The number of rotatable bonds is 10. The molecular formula is C19H26O7. The lowest BCUT2D eigenvalue weighted by atomic mass is 9.88. The number of ether oxygens (including phenoxy) is 4. The molecule has 0 heterocycles. The van der Waals surface area contributed by atoms with Crippen LogP contribution in [0.5, 0.6) is 0 Å². The van der Waals surface area contributed by atoms with Crippen molar-refractivity contribution in [3.05, 3.63) is 35.9 Å². The standard InChI is InChI=1S/C19H26O7/c1-14(20)24-12-19(4,13-25-15(2)21)10-18(26-16(3)22)23-11-17-8-6-5-7-9-17/h5-9,18H,10-13H2,1-4H3. The maximum absolute atomic E-state index is 11.4. The molecule has 0 radical (unpaired) electrons. The van der Waals surface area contributed by atoms with Gasteiger partial charge < -0.3 is 18.9 Å². The van der Waals surface area contributed by atoms with Crippen molar-refractivity contribution >= 4 is 17.9 Å². The zero-order valence-corrected chi connectivity index (χ0v) is 15.7. The van der Waals surface area contributed by atoms with Gasteiger partial charge in [0.15, 0.2) is 0 Å². The zero-order valence-electron chi connectivity index (χ0n) is 15.7. The van der Waals surface area contributed by atoms with Crippen LogP contribution in [0.1, 0.15) is 39.7 Å². The first-order chi connectivity index (χ1) is 12.2. The summed E-state index contributed by atoms with van der Waals surface area (Å²) < 4.78 is 21.1. The Morgan fingerprint density at radius 2 is 1.46 bits per heavy atom. The van der Waals surface area contributed by atoms with Crippen molar-refractivity contribution in [1.82, 2.24) is 0 Å². The highest BCUT2D eigenvalue weighted by Crippen LogP contribution is 2.27. The van der Waals surface area contributed by atoms with Gasteiger partial charge in [0.1, 0.15) is 13.2 Å². The van der Waals surface area contributed by atoms with Gasteiger partial charge in [0, 0.05) is 32.6 Å². The fraction of sp³-hybridized carbons (Fsp3) is 0.526. The lowest BCUT2D eigenvalue weighted by Gasteiger charge is -2.31. The predicted octanol–water partition coefficient (Wildman–Crippen LogP) is 2.62. The molecule has 0 saturated heterocycles. The van der Waals surface area contributed by atoms with E-state index in [4.69, 9.17) is 18.9 Å². The average molecular weight is 366 g/mol. The fourth-order valence-corrected chi connectivity index (χ4v) is 2.20. The Balaban J connectivity index is 2.80. The third-order valence-corrected chi connectivity index (χ3v) is 3.48. The van der Waals surface area contributed by atoms with Gasteiger partial charge >= 0.3 is 17.9 Å². The first-order valence-corrected chi connectivity index (χ1v) is 8.30. The molecule has 0 saturated carbocycles. The molecule has 0 fully saturated rings. The topological polar surface area (TPSA) is 88.1 Å². The molecule has 144 valence electrons. The normalized spacial score (nSPS) is 12.2. The Hall–Kier alpha value is -2.41. The monoisotopic (exact) mass is 366 g/mol. The lowest BCUT2D eigenvalue weighted by Crippen LogP contribution is -2.37. The molecule has 1 rings (SSSR count). The van der Waals surface area contributed by atoms with Crippen molar-refractivity contribution in [1.29, 1.82) is 0 Å². The third kappa shape index (κ3) is 9.17. The quantitative estimate of drug-likeness (QED) is 0.357. The molecule has 0 aliphatic heterocycles. The number of benzene rings is 1. The SMILES string of the molecule is CC(=O)OCC(C)(COC(C)=O)CC(OCc1ccccc1)OC(C)=O. The highest BCUT2D eigenvalue weighted by Gasteiger charge is 2.33. The second-order valence-electron chi connectivity index (χ2n) is 6.41. The van der Waals surface area contributed by atoms with Crippen molar-refractivity contribution in [2.45, 2.75) is 47.0 Å².